The molecule has 0 N–H and O–H groups in total. The van der Waals surface area contributed by atoms with Crippen LogP contribution in [-0.2, 0) is 22.8 Å². The third-order valence-electron chi connectivity index (χ3n) is 2.77. The van der Waals surface area contributed by atoms with Crippen LogP contribution >= 0.6 is 0 Å². The zero-order valence-electron chi connectivity index (χ0n) is 13.1. The molecule has 1 atom stereocenters. The van der Waals surface area contributed by atoms with E-state index in [2.05, 4.69) is 13.0 Å². The normalized spacial score (nSPS) is 19.2. The summed E-state index contributed by atoms with van der Waals surface area (Å²) in [5.74, 6) is 0.894. The first-order valence-corrected chi connectivity index (χ1v) is 9.48. The van der Waals surface area contributed by atoms with Crippen molar-refractivity contribution in [3.05, 3.63) is 11.8 Å². The van der Waals surface area contributed by atoms with E-state index in [1.165, 1.54) is 0 Å². The minimum atomic E-state index is -2.68. The van der Waals surface area contributed by atoms with E-state index in [-0.39, 0.29) is 6.10 Å². The van der Waals surface area contributed by atoms with Crippen LogP contribution in [0.2, 0.25) is 6.04 Å². The molecule has 20 heavy (non-hydrogen) atoms. The highest BCUT2D eigenvalue weighted by molar-refractivity contribution is 6.61. The van der Waals surface area contributed by atoms with Crippen LogP contribution in [0.4, 0.5) is 0 Å². The molecule has 0 radical (unpaired) electrons. The van der Waals surface area contributed by atoms with Gasteiger partial charge in [-0.1, -0.05) is 6.92 Å². The molecule has 1 rings (SSSR count). The second kappa shape index (κ2) is 9.52. The van der Waals surface area contributed by atoms with Gasteiger partial charge in [-0.25, -0.2) is 0 Å². The SMILES string of the molecule is CCC=C(C[Si](OCC)(OCC)OCC)OCC1CO1. The molecule has 1 aliphatic rings. The van der Waals surface area contributed by atoms with Gasteiger partial charge in [0.1, 0.15) is 12.7 Å². The summed E-state index contributed by atoms with van der Waals surface area (Å²) in [7, 11) is -2.68. The molecule has 1 fully saturated rings. The van der Waals surface area contributed by atoms with Gasteiger partial charge >= 0.3 is 8.80 Å². The monoisotopic (exact) mass is 304 g/mol. The molecule has 0 aliphatic carbocycles. The lowest BCUT2D eigenvalue weighted by Gasteiger charge is -2.29. The molecule has 1 saturated heterocycles. The summed E-state index contributed by atoms with van der Waals surface area (Å²) in [4.78, 5) is 0. The highest BCUT2D eigenvalue weighted by Gasteiger charge is 2.42. The van der Waals surface area contributed by atoms with Crippen molar-refractivity contribution in [1.29, 1.82) is 0 Å². The standard InChI is InChI=1S/C14H28O5Si/c1-5-9-13(15-10-14-11-16-14)12-20(17-6-2,18-7-3)19-8-4/h9,14H,5-8,10-12H2,1-4H3. The van der Waals surface area contributed by atoms with E-state index >= 15 is 0 Å². The van der Waals surface area contributed by atoms with Gasteiger partial charge in [0.25, 0.3) is 0 Å². The van der Waals surface area contributed by atoms with Gasteiger partial charge in [0.05, 0.1) is 18.4 Å². The second-order valence-electron chi connectivity index (χ2n) is 4.50. The van der Waals surface area contributed by atoms with Gasteiger partial charge in [0.2, 0.25) is 0 Å². The summed E-state index contributed by atoms with van der Waals surface area (Å²) < 4.78 is 28.6. The Kier molecular flexibility index (Phi) is 8.40. The molecule has 5 nitrogen and oxygen atoms in total. The summed E-state index contributed by atoms with van der Waals surface area (Å²) in [6.07, 6.45) is 3.23. The van der Waals surface area contributed by atoms with Crippen LogP contribution in [0, 0.1) is 0 Å². The van der Waals surface area contributed by atoms with E-state index in [0.717, 1.165) is 18.8 Å². The molecule has 0 bridgehead atoms. The molecule has 6 heteroatoms. The summed E-state index contributed by atoms with van der Waals surface area (Å²) in [6.45, 7) is 11.1. The third kappa shape index (κ3) is 6.36. The Labute approximate surface area is 123 Å². The lowest BCUT2D eigenvalue weighted by atomic mass is 10.4. The van der Waals surface area contributed by atoms with Gasteiger partial charge in [-0.3, -0.25) is 0 Å². The van der Waals surface area contributed by atoms with E-state index in [9.17, 15) is 0 Å². The first-order valence-electron chi connectivity index (χ1n) is 7.54. The summed E-state index contributed by atoms with van der Waals surface area (Å²) in [5.41, 5.74) is 0. The van der Waals surface area contributed by atoms with Crippen molar-refractivity contribution in [3.8, 4) is 0 Å². The van der Waals surface area contributed by atoms with Gasteiger partial charge < -0.3 is 22.8 Å². The molecule has 0 aromatic heterocycles. The Morgan fingerprint density at radius 1 is 1.10 bits per heavy atom. The first kappa shape index (κ1) is 17.6. The Morgan fingerprint density at radius 2 is 1.65 bits per heavy atom. The topological polar surface area (TPSA) is 49.5 Å². The largest absolute Gasteiger partial charge is 0.508 e. The zero-order valence-corrected chi connectivity index (χ0v) is 14.1. The van der Waals surface area contributed by atoms with Crippen molar-refractivity contribution in [1.82, 2.24) is 0 Å². The molecule has 0 aromatic carbocycles. The Hall–Kier alpha value is -0.403. The first-order chi connectivity index (χ1) is 9.69. The van der Waals surface area contributed by atoms with E-state index in [4.69, 9.17) is 22.8 Å². The van der Waals surface area contributed by atoms with E-state index in [1.807, 2.05) is 20.8 Å². The van der Waals surface area contributed by atoms with Crippen LogP contribution < -0.4 is 0 Å². The van der Waals surface area contributed by atoms with Crippen LogP contribution in [0.1, 0.15) is 34.1 Å². The van der Waals surface area contributed by atoms with Crippen LogP contribution in [0.5, 0.6) is 0 Å². The number of rotatable bonds is 12. The molecule has 0 aromatic rings. The van der Waals surface area contributed by atoms with Crippen LogP contribution in [0.25, 0.3) is 0 Å². The third-order valence-corrected chi connectivity index (χ3v) is 5.74. The fourth-order valence-corrected chi connectivity index (χ4v) is 4.47. The van der Waals surface area contributed by atoms with Gasteiger partial charge in [-0.15, -0.1) is 0 Å². The Bertz CT molecular complexity index is 274. The molecule has 0 spiro atoms. The molecule has 118 valence electrons. The van der Waals surface area contributed by atoms with Gasteiger partial charge in [0, 0.05) is 19.8 Å². The van der Waals surface area contributed by atoms with E-state index < -0.39 is 8.80 Å². The number of hydrogen-bond donors (Lipinski definition) is 0. The number of epoxide rings is 1. The van der Waals surface area contributed by atoms with Crippen molar-refractivity contribution in [2.75, 3.05) is 33.0 Å². The van der Waals surface area contributed by atoms with Gasteiger partial charge in [-0.2, -0.15) is 0 Å². The number of hydrogen-bond acceptors (Lipinski definition) is 5. The highest BCUT2D eigenvalue weighted by atomic mass is 28.4. The molecular formula is C14H28O5Si. The van der Waals surface area contributed by atoms with Crippen molar-refractivity contribution >= 4 is 8.80 Å². The van der Waals surface area contributed by atoms with E-state index in [1.54, 1.807) is 0 Å². The predicted molar refractivity (Wildman–Crippen MR) is 79.5 cm³/mol. The lowest BCUT2D eigenvalue weighted by molar-refractivity contribution is 0.0672. The Morgan fingerprint density at radius 3 is 2.05 bits per heavy atom. The van der Waals surface area contributed by atoms with Crippen molar-refractivity contribution in [2.45, 2.75) is 46.3 Å². The molecular weight excluding hydrogens is 276 g/mol. The maximum atomic E-state index is 5.85. The molecule has 0 saturated carbocycles. The number of allylic oxidation sites excluding steroid dienone is 2. The maximum Gasteiger partial charge on any atom is 0.508 e. The van der Waals surface area contributed by atoms with E-state index in [0.29, 0.717) is 32.5 Å². The van der Waals surface area contributed by atoms with Crippen LogP contribution in [0.15, 0.2) is 11.8 Å². The summed E-state index contributed by atoms with van der Waals surface area (Å²) >= 11 is 0. The van der Waals surface area contributed by atoms with Crippen molar-refractivity contribution < 1.29 is 22.8 Å². The van der Waals surface area contributed by atoms with Gasteiger partial charge in [0.15, 0.2) is 0 Å². The Balaban J connectivity index is 2.66. The average molecular weight is 304 g/mol. The van der Waals surface area contributed by atoms with Gasteiger partial charge in [-0.05, 0) is 33.3 Å². The van der Waals surface area contributed by atoms with Crippen molar-refractivity contribution in [2.24, 2.45) is 0 Å². The fourth-order valence-electron chi connectivity index (χ4n) is 1.93. The second-order valence-corrected chi connectivity index (χ2v) is 7.09. The average Bonchev–Trinajstić information content (AvgIpc) is 3.21. The fraction of sp³-hybridized carbons (Fsp3) is 0.857. The molecule has 1 unspecified atom stereocenters. The molecule has 1 aliphatic heterocycles. The maximum absolute atomic E-state index is 5.85. The van der Waals surface area contributed by atoms with Crippen molar-refractivity contribution in [3.63, 3.8) is 0 Å². The minimum absolute atomic E-state index is 0.248. The highest BCUT2D eigenvalue weighted by Crippen LogP contribution is 2.24. The summed E-state index contributed by atoms with van der Waals surface area (Å²) in [5, 5.41) is 0. The number of ether oxygens (including phenoxy) is 2. The molecule has 1 heterocycles. The molecule has 0 amide bonds. The lowest BCUT2D eigenvalue weighted by Crippen LogP contribution is -2.46. The van der Waals surface area contributed by atoms with Crippen LogP contribution in [-0.4, -0.2) is 47.9 Å². The zero-order chi connectivity index (χ0) is 14.8. The quantitative estimate of drug-likeness (QED) is 0.315. The smallest absolute Gasteiger partial charge is 0.495 e. The predicted octanol–water partition coefficient (Wildman–Crippen LogP) is 2.74. The minimum Gasteiger partial charge on any atom is -0.495 e. The summed E-state index contributed by atoms with van der Waals surface area (Å²) in [6, 6.07) is 0.586. The van der Waals surface area contributed by atoms with Crippen LogP contribution in [0.3, 0.4) is 0 Å².